The quantitative estimate of drug-likeness (QED) is 0.517. The number of aryl methyl sites for hydroxylation is 1. The van der Waals surface area contributed by atoms with E-state index in [-0.39, 0.29) is 5.69 Å². The Labute approximate surface area is 168 Å². The number of hydrogen-bond acceptors (Lipinski definition) is 4. The van der Waals surface area contributed by atoms with Crippen LogP contribution < -0.4 is 9.62 Å². The van der Waals surface area contributed by atoms with E-state index in [0.717, 1.165) is 39.2 Å². The molecule has 2 rings (SSSR count). The van der Waals surface area contributed by atoms with Gasteiger partial charge in [-0.2, -0.15) is 0 Å². The largest absolute Gasteiger partial charge is 0.353 e. The van der Waals surface area contributed by atoms with Crippen molar-refractivity contribution in [3.8, 4) is 0 Å². The number of rotatable bonds is 8. The summed E-state index contributed by atoms with van der Waals surface area (Å²) in [5, 5.41) is 2.68. The molecule has 0 radical (unpaired) electrons. The van der Waals surface area contributed by atoms with Crippen LogP contribution in [-0.4, -0.2) is 38.9 Å². The molecule has 0 fully saturated rings. The van der Waals surface area contributed by atoms with Gasteiger partial charge in [0.2, 0.25) is 15.9 Å². The minimum Gasteiger partial charge on any atom is -0.353 e. The molecule has 1 amide bonds. The number of benzene rings is 2. The zero-order chi connectivity index (χ0) is 20.9. The highest BCUT2D eigenvalue weighted by Gasteiger charge is 2.29. The second-order valence-corrected chi connectivity index (χ2v) is 9.31. The Hall–Kier alpha value is -2.13. The lowest BCUT2D eigenvalue weighted by Crippen LogP contribution is -2.48. The van der Waals surface area contributed by atoms with E-state index in [9.17, 15) is 22.0 Å². The number of nitrogens with one attached hydrogen (secondary N) is 1. The van der Waals surface area contributed by atoms with E-state index in [0.29, 0.717) is 12.3 Å². The summed E-state index contributed by atoms with van der Waals surface area (Å²) in [4.78, 5) is 13.5. The highest BCUT2D eigenvalue weighted by Crippen LogP contribution is 2.23. The van der Waals surface area contributed by atoms with E-state index in [4.69, 9.17) is 0 Å². The maximum Gasteiger partial charge on any atom is 0.243 e. The Morgan fingerprint density at radius 3 is 2.36 bits per heavy atom. The number of hydrogen-bond donors (Lipinski definition) is 1. The summed E-state index contributed by atoms with van der Waals surface area (Å²) in [5.74, 6) is -2.21. The molecule has 9 heteroatoms. The van der Waals surface area contributed by atoms with Gasteiger partial charge in [0.15, 0.2) is 11.6 Å². The van der Waals surface area contributed by atoms with Gasteiger partial charge < -0.3 is 5.32 Å². The minimum atomic E-state index is -3.89. The zero-order valence-electron chi connectivity index (χ0n) is 15.8. The molecule has 28 heavy (non-hydrogen) atoms. The van der Waals surface area contributed by atoms with Crippen LogP contribution in [0.2, 0.25) is 0 Å². The van der Waals surface area contributed by atoms with E-state index in [1.165, 1.54) is 6.92 Å². The van der Waals surface area contributed by atoms with Crippen molar-refractivity contribution in [2.75, 3.05) is 22.9 Å². The third kappa shape index (κ3) is 5.93. The van der Waals surface area contributed by atoms with Gasteiger partial charge in [-0.3, -0.25) is 9.10 Å². The van der Waals surface area contributed by atoms with Gasteiger partial charge in [-0.25, -0.2) is 17.2 Å². The van der Waals surface area contributed by atoms with Crippen molar-refractivity contribution >= 4 is 33.4 Å². The number of amides is 1. The maximum absolute atomic E-state index is 13.5. The van der Waals surface area contributed by atoms with E-state index < -0.39 is 33.6 Å². The molecule has 0 spiro atoms. The number of sulfonamides is 1. The first-order valence-electron chi connectivity index (χ1n) is 8.51. The van der Waals surface area contributed by atoms with Crippen molar-refractivity contribution in [1.82, 2.24) is 5.32 Å². The number of anilines is 1. The van der Waals surface area contributed by atoms with Crippen LogP contribution in [0.5, 0.6) is 0 Å². The smallest absolute Gasteiger partial charge is 0.243 e. The number of carbonyl (C=O) groups excluding carboxylic acids is 1. The molecule has 0 saturated heterocycles. The summed E-state index contributed by atoms with van der Waals surface area (Å²) in [6, 6.07) is 9.54. The molecule has 1 atom stereocenters. The van der Waals surface area contributed by atoms with Gasteiger partial charge in [0.25, 0.3) is 0 Å². The lowest BCUT2D eigenvalue weighted by atomic mass is 10.2. The van der Waals surface area contributed by atoms with E-state index in [1.54, 1.807) is 11.8 Å². The van der Waals surface area contributed by atoms with Gasteiger partial charge in [-0.15, -0.1) is 11.8 Å². The van der Waals surface area contributed by atoms with E-state index >= 15 is 0 Å². The van der Waals surface area contributed by atoms with Crippen LogP contribution in [-0.2, 0) is 14.8 Å². The van der Waals surface area contributed by atoms with Gasteiger partial charge >= 0.3 is 0 Å². The lowest BCUT2D eigenvalue weighted by molar-refractivity contribution is -0.121. The van der Waals surface area contributed by atoms with Gasteiger partial charge in [-0.05, 0) is 38.1 Å². The maximum atomic E-state index is 13.5. The van der Waals surface area contributed by atoms with Crippen molar-refractivity contribution in [3.05, 3.63) is 59.7 Å². The van der Waals surface area contributed by atoms with E-state index in [2.05, 4.69) is 5.32 Å². The van der Waals surface area contributed by atoms with Gasteiger partial charge in [0.1, 0.15) is 6.04 Å². The normalized spacial score (nSPS) is 12.5. The van der Waals surface area contributed by atoms with E-state index in [1.807, 2.05) is 31.2 Å². The predicted octanol–water partition coefficient (Wildman–Crippen LogP) is 3.34. The molecular formula is C19H22F2N2O3S2. The molecule has 152 valence electrons. The first-order valence-corrected chi connectivity index (χ1v) is 11.3. The number of thioether (sulfide) groups is 1. The van der Waals surface area contributed by atoms with Crippen LogP contribution in [0.4, 0.5) is 14.5 Å². The monoisotopic (exact) mass is 428 g/mol. The second-order valence-electron chi connectivity index (χ2n) is 6.29. The molecule has 0 aliphatic rings. The number of halogens is 2. The molecule has 1 N–H and O–H groups in total. The van der Waals surface area contributed by atoms with Crippen LogP contribution in [0, 0.1) is 18.6 Å². The third-order valence-electron chi connectivity index (χ3n) is 3.94. The molecular weight excluding hydrogens is 406 g/mol. The molecule has 5 nitrogen and oxygen atoms in total. The van der Waals surface area contributed by atoms with Crippen molar-refractivity contribution in [2.24, 2.45) is 0 Å². The molecule has 1 unspecified atom stereocenters. The highest BCUT2D eigenvalue weighted by molar-refractivity contribution is 7.99. The Morgan fingerprint density at radius 2 is 1.79 bits per heavy atom. The summed E-state index contributed by atoms with van der Waals surface area (Å²) < 4.78 is 51.7. The molecule has 0 aliphatic carbocycles. The fraction of sp³-hybridized carbons (Fsp3) is 0.316. The molecule has 0 saturated carbocycles. The predicted molar refractivity (Wildman–Crippen MR) is 108 cm³/mol. The van der Waals surface area contributed by atoms with Crippen LogP contribution in [0.3, 0.4) is 0 Å². The Bertz CT molecular complexity index is 935. The summed E-state index contributed by atoms with van der Waals surface area (Å²) in [6.07, 6.45) is 0.908. The van der Waals surface area contributed by atoms with Crippen molar-refractivity contribution < 1.29 is 22.0 Å². The van der Waals surface area contributed by atoms with Gasteiger partial charge in [0, 0.05) is 23.3 Å². The fourth-order valence-corrected chi connectivity index (χ4v) is 4.49. The summed E-state index contributed by atoms with van der Waals surface area (Å²) in [7, 11) is -3.89. The SMILES string of the molecule is Cc1ccc(SCCNC(=O)C(C)N(c2ccc(F)c(F)c2)S(C)(=O)=O)cc1. The standard InChI is InChI=1S/C19H22F2N2O3S2/c1-13-4-7-16(8-5-13)27-11-10-22-19(24)14(2)23(28(3,25)26)15-6-9-17(20)18(21)12-15/h4-9,12,14H,10-11H2,1-3H3,(H,22,24). The Morgan fingerprint density at radius 1 is 1.14 bits per heavy atom. The van der Waals surface area contributed by atoms with Crippen LogP contribution in [0.15, 0.2) is 47.4 Å². The number of carbonyl (C=O) groups is 1. The lowest BCUT2D eigenvalue weighted by Gasteiger charge is -2.28. The average Bonchev–Trinajstić information content (AvgIpc) is 2.62. The van der Waals surface area contributed by atoms with Crippen molar-refractivity contribution in [1.29, 1.82) is 0 Å². The van der Waals surface area contributed by atoms with Crippen LogP contribution in [0.1, 0.15) is 12.5 Å². The Kier molecular flexibility index (Phi) is 7.42. The molecule has 0 bridgehead atoms. The Balaban J connectivity index is 2.01. The van der Waals surface area contributed by atoms with Gasteiger partial charge in [-0.1, -0.05) is 17.7 Å². The first kappa shape index (κ1) is 22.2. The van der Waals surface area contributed by atoms with Crippen molar-refractivity contribution in [2.45, 2.75) is 24.8 Å². The molecule has 2 aromatic carbocycles. The summed E-state index contributed by atoms with van der Waals surface area (Å²) in [5.41, 5.74) is 1.04. The summed E-state index contributed by atoms with van der Waals surface area (Å²) >= 11 is 1.56. The molecule has 0 aromatic heterocycles. The van der Waals surface area contributed by atoms with Crippen LogP contribution >= 0.6 is 11.8 Å². The van der Waals surface area contributed by atoms with Crippen LogP contribution in [0.25, 0.3) is 0 Å². The molecule has 0 heterocycles. The third-order valence-corrected chi connectivity index (χ3v) is 6.19. The molecule has 2 aromatic rings. The summed E-state index contributed by atoms with van der Waals surface area (Å²) in [6.45, 7) is 3.72. The highest BCUT2D eigenvalue weighted by atomic mass is 32.2. The first-order chi connectivity index (χ1) is 13.1. The fourth-order valence-electron chi connectivity index (χ4n) is 2.56. The van der Waals surface area contributed by atoms with Crippen molar-refractivity contribution in [3.63, 3.8) is 0 Å². The second kappa shape index (κ2) is 9.38. The topological polar surface area (TPSA) is 66.5 Å². The zero-order valence-corrected chi connectivity index (χ0v) is 17.4. The minimum absolute atomic E-state index is 0.113. The van der Waals surface area contributed by atoms with Gasteiger partial charge in [0.05, 0.1) is 11.9 Å². The average molecular weight is 429 g/mol. The molecule has 0 aliphatic heterocycles. The number of nitrogens with zero attached hydrogens (tertiary/aromatic N) is 1.